The first kappa shape index (κ1) is 16.9. The van der Waals surface area contributed by atoms with Crippen molar-refractivity contribution in [2.24, 2.45) is 11.3 Å². The minimum Gasteiger partial charge on any atom is -0.314 e. The highest BCUT2D eigenvalue weighted by molar-refractivity contribution is 4.85. The summed E-state index contributed by atoms with van der Waals surface area (Å²) in [6.45, 7) is 22.4. The zero-order chi connectivity index (χ0) is 14.5. The molecule has 0 amide bonds. The highest BCUT2D eigenvalue weighted by atomic mass is 15.3. The van der Waals surface area contributed by atoms with Crippen LogP contribution in [0.1, 0.15) is 41.5 Å². The molecule has 1 N–H and O–H groups in total. The summed E-state index contributed by atoms with van der Waals surface area (Å²) in [5.41, 5.74) is 0.343. The smallest absolute Gasteiger partial charge is 0.0110 e. The summed E-state index contributed by atoms with van der Waals surface area (Å²) in [4.78, 5) is 5.26. The van der Waals surface area contributed by atoms with Crippen LogP contribution >= 0.6 is 0 Å². The van der Waals surface area contributed by atoms with E-state index >= 15 is 0 Å². The fourth-order valence-corrected chi connectivity index (χ4v) is 2.94. The van der Waals surface area contributed by atoms with Crippen LogP contribution < -0.4 is 5.32 Å². The van der Waals surface area contributed by atoms with E-state index < -0.39 is 0 Å². The molecule has 0 aromatic heterocycles. The molecule has 1 fully saturated rings. The van der Waals surface area contributed by atoms with E-state index in [2.05, 4.69) is 56.7 Å². The Bertz CT molecular complexity index is 242. The number of hydrogen-bond donors (Lipinski definition) is 1. The van der Waals surface area contributed by atoms with Crippen LogP contribution in [0.5, 0.6) is 0 Å². The quantitative estimate of drug-likeness (QED) is 0.765. The largest absolute Gasteiger partial charge is 0.314 e. The molecule has 3 heteroatoms. The van der Waals surface area contributed by atoms with E-state index in [0.29, 0.717) is 11.5 Å². The van der Waals surface area contributed by atoms with Crippen molar-refractivity contribution in [2.75, 3.05) is 45.8 Å². The van der Waals surface area contributed by atoms with Crippen LogP contribution in [0.3, 0.4) is 0 Å². The first-order valence-electron chi connectivity index (χ1n) is 8.03. The zero-order valence-corrected chi connectivity index (χ0v) is 14.0. The lowest BCUT2D eigenvalue weighted by molar-refractivity contribution is 0.0783. The third-order valence-corrected chi connectivity index (χ3v) is 4.40. The summed E-state index contributed by atoms with van der Waals surface area (Å²) in [6.07, 6.45) is 0. The number of nitrogens with one attached hydrogen (secondary N) is 1. The van der Waals surface area contributed by atoms with Crippen molar-refractivity contribution in [3.05, 3.63) is 0 Å². The van der Waals surface area contributed by atoms with Gasteiger partial charge in [0.1, 0.15) is 0 Å². The van der Waals surface area contributed by atoms with Crippen molar-refractivity contribution in [1.29, 1.82) is 0 Å². The van der Waals surface area contributed by atoms with Crippen LogP contribution in [-0.2, 0) is 0 Å². The second-order valence-corrected chi connectivity index (χ2v) is 7.24. The molecule has 1 aliphatic rings. The van der Waals surface area contributed by atoms with Gasteiger partial charge in [-0.05, 0) is 24.8 Å². The minimum atomic E-state index is 0.343. The molecule has 1 rings (SSSR count). The predicted octanol–water partition coefficient (Wildman–Crippen LogP) is 2.28. The molecule has 0 aromatic rings. The summed E-state index contributed by atoms with van der Waals surface area (Å²) >= 11 is 0. The van der Waals surface area contributed by atoms with E-state index in [-0.39, 0.29) is 0 Å². The third-order valence-electron chi connectivity index (χ3n) is 4.40. The number of rotatable bonds is 7. The van der Waals surface area contributed by atoms with E-state index in [1.807, 2.05) is 0 Å². The molecule has 1 heterocycles. The summed E-state index contributed by atoms with van der Waals surface area (Å²) in [5, 5.41) is 3.57. The number of hydrogen-bond acceptors (Lipinski definition) is 3. The van der Waals surface area contributed by atoms with Crippen LogP contribution in [0.4, 0.5) is 0 Å². The average molecular weight is 269 g/mol. The number of nitrogens with zero attached hydrogens (tertiary/aromatic N) is 2. The third kappa shape index (κ3) is 5.80. The zero-order valence-electron chi connectivity index (χ0n) is 14.0. The molecule has 1 unspecified atom stereocenters. The van der Waals surface area contributed by atoms with E-state index in [9.17, 15) is 0 Å². The van der Waals surface area contributed by atoms with Crippen molar-refractivity contribution in [3.8, 4) is 0 Å². The van der Waals surface area contributed by atoms with Crippen molar-refractivity contribution < 1.29 is 0 Å². The maximum absolute atomic E-state index is 3.57. The van der Waals surface area contributed by atoms with Crippen LogP contribution in [0.15, 0.2) is 0 Å². The highest BCUT2D eigenvalue weighted by Gasteiger charge is 2.29. The normalized spacial score (nSPS) is 21.0. The van der Waals surface area contributed by atoms with Gasteiger partial charge in [0.25, 0.3) is 0 Å². The van der Waals surface area contributed by atoms with Gasteiger partial charge in [-0.1, -0.05) is 34.6 Å². The van der Waals surface area contributed by atoms with Gasteiger partial charge in [0.05, 0.1) is 0 Å². The summed E-state index contributed by atoms with van der Waals surface area (Å²) in [7, 11) is 0. The van der Waals surface area contributed by atoms with Crippen LogP contribution in [0.2, 0.25) is 0 Å². The Labute approximate surface area is 120 Å². The van der Waals surface area contributed by atoms with Crippen molar-refractivity contribution in [2.45, 2.75) is 47.6 Å². The first-order valence-corrected chi connectivity index (χ1v) is 8.03. The van der Waals surface area contributed by atoms with Crippen molar-refractivity contribution in [3.63, 3.8) is 0 Å². The van der Waals surface area contributed by atoms with E-state index in [1.165, 1.54) is 39.3 Å². The molecule has 1 aliphatic heterocycles. The maximum Gasteiger partial charge on any atom is 0.0110 e. The van der Waals surface area contributed by atoms with E-state index in [0.717, 1.165) is 12.5 Å². The Morgan fingerprint density at radius 2 is 1.53 bits per heavy atom. The van der Waals surface area contributed by atoms with Gasteiger partial charge in [-0.25, -0.2) is 0 Å². The molecule has 0 aromatic carbocycles. The molecule has 0 spiro atoms. The Kier molecular flexibility index (Phi) is 6.78. The molecule has 0 bridgehead atoms. The lowest BCUT2D eigenvalue weighted by Crippen LogP contribution is -2.53. The SMILES string of the molecule is CCNC(C)C(C)(C)CN1CCN(CC(C)C)CC1. The molecule has 1 saturated heterocycles. The van der Waals surface area contributed by atoms with Gasteiger partial charge in [-0.15, -0.1) is 0 Å². The monoisotopic (exact) mass is 269 g/mol. The van der Waals surface area contributed by atoms with Crippen molar-refractivity contribution in [1.82, 2.24) is 15.1 Å². The average Bonchev–Trinajstić information content (AvgIpc) is 2.31. The fourth-order valence-electron chi connectivity index (χ4n) is 2.94. The Morgan fingerprint density at radius 1 is 1.00 bits per heavy atom. The van der Waals surface area contributed by atoms with Gasteiger partial charge in [0, 0.05) is 45.3 Å². The summed E-state index contributed by atoms with van der Waals surface area (Å²) in [5.74, 6) is 0.789. The van der Waals surface area contributed by atoms with E-state index in [4.69, 9.17) is 0 Å². The van der Waals surface area contributed by atoms with Crippen LogP contribution in [-0.4, -0.2) is 61.7 Å². The number of piperazine rings is 1. The van der Waals surface area contributed by atoms with Gasteiger partial charge in [0.15, 0.2) is 0 Å². The second kappa shape index (κ2) is 7.61. The van der Waals surface area contributed by atoms with Gasteiger partial charge < -0.3 is 15.1 Å². The fraction of sp³-hybridized carbons (Fsp3) is 1.00. The molecule has 19 heavy (non-hydrogen) atoms. The first-order chi connectivity index (χ1) is 8.85. The highest BCUT2D eigenvalue weighted by Crippen LogP contribution is 2.22. The van der Waals surface area contributed by atoms with Gasteiger partial charge in [-0.2, -0.15) is 0 Å². The Balaban J connectivity index is 2.35. The predicted molar refractivity (Wildman–Crippen MR) is 84.6 cm³/mol. The van der Waals surface area contributed by atoms with E-state index in [1.54, 1.807) is 0 Å². The van der Waals surface area contributed by atoms with Crippen LogP contribution in [0.25, 0.3) is 0 Å². The molecule has 114 valence electrons. The van der Waals surface area contributed by atoms with Gasteiger partial charge >= 0.3 is 0 Å². The second-order valence-electron chi connectivity index (χ2n) is 7.24. The Morgan fingerprint density at radius 3 is 2.00 bits per heavy atom. The summed E-state index contributed by atoms with van der Waals surface area (Å²) < 4.78 is 0. The van der Waals surface area contributed by atoms with Gasteiger partial charge in [0.2, 0.25) is 0 Å². The molecule has 3 nitrogen and oxygen atoms in total. The molecular formula is C16H35N3. The Hall–Kier alpha value is -0.120. The summed E-state index contributed by atoms with van der Waals surface area (Å²) in [6, 6.07) is 0.575. The molecule has 0 saturated carbocycles. The van der Waals surface area contributed by atoms with Crippen molar-refractivity contribution >= 4 is 0 Å². The van der Waals surface area contributed by atoms with Crippen LogP contribution in [0, 0.1) is 11.3 Å². The topological polar surface area (TPSA) is 18.5 Å². The standard InChI is InChI=1S/C16H35N3/c1-7-17-15(4)16(5,6)13-19-10-8-18(9-11-19)12-14(2)3/h14-15,17H,7-13H2,1-6H3. The van der Waals surface area contributed by atoms with Gasteiger partial charge in [-0.3, -0.25) is 0 Å². The molecular weight excluding hydrogens is 234 g/mol. The minimum absolute atomic E-state index is 0.343. The lowest BCUT2D eigenvalue weighted by atomic mass is 9.84. The lowest BCUT2D eigenvalue weighted by Gasteiger charge is -2.41. The molecule has 0 radical (unpaired) electrons. The molecule has 0 aliphatic carbocycles. The maximum atomic E-state index is 3.57. The molecule has 1 atom stereocenters.